The Hall–Kier alpha value is -3.35. The van der Waals surface area contributed by atoms with Crippen molar-refractivity contribution in [2.24, 2.45) is 0 Å². The number of nitrogens with zero attached hydrogens (tertiary/aromatic N) is 2. The molecule has 0 atom stereocenters. The van der Waals surface area contributed by atoms with Gasteiger partial charge in [-0.2, -0.15) is 9.46 Å². The minimum absolute atomic E-state index is 0.0525. The average Bonchev–Trinajstić information content (AvgIpc) is 2.57. The zero-order valence-electron chi connectivity index (χ0n) is 13.1. The van der Waals surface area contributed by atoms with Crippen LogP contribution in [0.4, 0.5) is 8.78 Å². The number of carbonyl (C=O) groups excluding carboxylic acids is 1. The van der Waals surface area contributed by atoms with E-state index in [1.54, 1.807) is 12.1 Å². The topological polar surface area (TPSA) is 71.0 Å². The number of ketones is 1. The van der Waals surface area contributed by atoms with Crippen molar-refractivity contribution >= 4 is 22.9 Å². The van der Waals surface area contributed by atoms with Crippen LogP contribution in [0.25, 0.3) is 17.1 Å². The minimum atomic E-state index is -0.787. The lowest BCUT2D eigenvalue weighted by molar-refractivity contribution is -0.635. The van der Waals surface area contributed by atoms with Crippen molar-refractivity contribution in [2.45, 2.75) is 6.92 Å². The van der Waals surface area contributed by atoms with Gasteiger partial charge in [-0.1, -0.05) is 18.2 Å². The number of para-hydroxylation sites is 2. The Balaban J connectivity index is 2.07. The molecule has 0 spiro atoms. The Morgan fingerprint density at radius 2 is 1.56 bits per heavy atom. The number of allylic oxidation sites excluding steroid dienone is 1. The van der Waals surface area contributed by atoms with Gasteiger partial charge in [-0.05, 0) is 23.8 Å². The molecule has 0 saturated heterocycles. The molecule has 0 aliphatic carbocycles. The highest BCUT2D eigenvalue weighted by Crippen LogP contribution is 2.12. The SMILES string of the molecule is Cc1c(C(=O)C=Cc2cc(F)cc(F)c2)[n+]([O-])c2ccccc2[n+]1[O-]. The van der Waals surface area contributed by atoms with Crippen molar-refractivity contribution in [1.82, 2.24) is 0 Å². The maximum absolute atomic E-state index is 13.2. The lowest BCUT2D eigenvalue weighted by Crippen LogP contribution is -2.46. The molecular weight excluding hydrogens is 330 g/mol. The van der Waals surface area contributed by atoms with Gasteiger partial charge >= 0.3 is 5.69 Å². The van der Waals surface area contributed by atoms with Crippen LogP contribution < -0.4 is 9.46 Å². The largest absolute Gasteiger partial charge is 0.618 e. The molecule has 0 amide bonds. The number of aromatic nitrogens is 2. The van der Waals surface area contributed by atoms with E-state index in [1.807, 2.05) is 0 Å². The number of carbonyl (C=O) groups is 1. The standard InChI is InChI=1S/C18H12F2N2O3/c1-11-18(22(25)16-5-3-2-4-15(16)21(11)24)17(23)7-6-12-8-13(19)10-14(20)9-12/h2-10H,1H3. The maximum Gasteiger partial charge on any atom is 0.333 e. The van der Waals surface area contributed by atoms with Crippen molar-refractivity contribution in [1.29, 1.82) is 0 Å². The normalized spacial score (nSPS) is 11.3. The third-order valence-corrected chi connectivity index (χ3v) is 3.72. The average molecular weight is 342 g/mol. The number of benzene rings is 2. The van der Waals surface area contributed by atoms with Gasteiger partial charge in [0.25, 0.3) is 22.5 Å². The first-order valence-corrected chi connectivity index (χ1v) is 7.31. The molecule has 3 rings (SSSR count). The van der Waals surface area contributed by atoms with E-state index in [2.05, 4.69) is 0 Å². The van der Waals surface area contributed by atoms with Crippen molar-refractivity contribution in [2.75, 3.05) is 0 Å². The molecule has 126 valence electrons. The summed E-state index contributed by atoms with van der Waals surface area (Å²) in [4.78, 5) is 12.4. The molecule has 0 unspecified atom stereocenters. The maximum atomic E-state index is 13.2. The minimum Gasteiger partial charge on any atom is -0.618 e. The molecule has 0 saturated carbocycles. The summed E-state index contributed by atoms with van der Waals surface area (Å²) in [6.07, 6.45) is 2.18. The second kappa shape index (κ2) is 6.27. The molecule has 25 heavy (non-hydrogen) atoms. The van der Waals surface area contributed by atoms with Gasteiger partial charge in [0, 0.05) is 25.1 Å². The van der Waals surface area contributed by atoms with Gasteiger partial charge in [0.1, 0.15) is 11.6 Å². The number of hydrogen-bond donors (Lipinski definition) is 0. The highest BCUT2D eigenvalue weighted by Gasteiger charge is 2.28. The van der Waals surface area contributed by atoms with E-state index in [0.717, 1.165) is 18.2 Å². The lowest BCUT2D eigenvalue weighted by Gasteiger charge is -2.09. The Labute approximate surface area is 141 Å². The molecule has 7 heteroatoms. The predicted octanol–water partition coefficient (Wildman–Crippen LogP) is 2.59. The molecule has 0 aliphatic rings. The Morgan fingerprint density at radius 3 is 2.16 bits per heavy atom. The van der Waals surface area contributed by atoms with Crippen LogP contribution in [-0.4, -0.2) is 5.78 Å². The summed E-state index contributed by atoms with van der Waals surface area (Å²) in [7, 11) is 0. The summed E-state index contributed by atoms with van der Waals surface area (Å²) in [5.74, 6) is -2.32. The summed E-state index contributed by atoms with van der Waals surface area (Å²) in [5, 5.41) is 24.7. The van der Waals surface area contributed by atoms with Crippen molar-refractivity contribution < 1.29 is 23.0 Å². The molecule has 1 heterocycles. The third-order valence-electron chi connectivity index (χ3n) is 3.72. The number of hydrogen-bond acceptors (Lipinski definition) is 3. The molecule has 2 aromatic carbocycles. The summed E-state index contributed by atoms with van der Waals surface area (Å²) in [5.41, 5.74) is -0.0910. The monoisotopic (exact) mass is 342 g/mol. The number of halogens is 2. The van der Waals surface area contributed by atoms with Crippen LogP contribution in [0.2, 0.25) is 0 Å². The molecule has 0 N–H and O–H groups in total. The van der Waals surface area contributed by atoms with Gasteiger partial charge in [0.15, 0.2) is 0 Å². The van der Waals surface area contributed by atoms with Gasteiger partial charge in [0.2, 0.25) is 0 Å². The van der Waals surface area contributed by atoms with Gasteiger partial charge in [-0.15, -0.1) is 0 Å². The van der Waals surface area contributed by atoms with Gasteiger partial charge in [-0.3, -0.25) is 4.79 Å². The lowest BCUT2D eigenvalue weighted by atomic mass is 10.1. The van der Waals surface area contributed by atoms with Crippen LogP contribution in [0, 0.1) is 29.0 Å². The van der Waals surface area contributed by atoms with E-state index < -0.39 is 17.4 Å². The van der Waals surface area contributed by atoms with E-state index in [1.165, 1.54) is 25.1 Å². The summed E-state index contributed by atoms with van der Waals surface area (Å²) in [6.45, 7) is 1.36. The molecule has 0 bridgehead atoms. The first kappa shape index (κ1) is 16.5. The van der Waals surface area contributed by atoms with Gasteiger partial charge < -0.3 is 10.4 Å². The van der Waals surface area contributed by atoms with Crippen LogP contribution in [0.15, 0.2) is 48.5 Å². The third kappa shape index (κ3) is 3.03. The quantitative estimate of drug-likeness (QED) is 0.318. The van der Waals surface area contributed by atoms with E-state index in [9.17, 15) is 24.0 Å². The van der Waals surface area contributed by atoms with Crippen LogP contribution in [0.3, 0.4) is 0 Å². The molecule has 1 aromatic heterocycles. The molecule has 3 aromatic rings. The van der Waals surface area contributed by atoms with Crippen LogP contribution >= 0.6 is 0 Å². The van der Waals surface area contributed by atoms with Crippen LogP contribution in [0.1, 0.15) is 21.7 Å². The fourth-order valence-electron chi connectivity index (χ4n) is 2.55. The van der Waals surface area contributed by atoms with E-state index in [-0.39, 0.29) is 28.0 Å². The molecule has 0 fully saturated rings. The zero-order chi connectivity index (χ0) is 18.1. The first-order valence-electron chi connectivity index (χ1n) is 7.31. The highest BCUT2D eigenvalue weighted by atomic mass is 19.1. The highest BCUT2D eigenvalue weighted by molar-refractivity contribution is 6.05. The van der Waals surface area contributed by atoms with Crippen LogP contribution in [0.5, 0.6) is 0 Å². The fraction of sp³-hybridized carbons (Fsp3) is 0.0556. The van der Waals surface area contributed by atoms with Crippen molar-refractivity contribution in [3.63, 3.8) is 0 Å². The second-order valence-corrected chi connectivity index (χ2v) is 5.41. The van der Waals surface area contributed by atoms with Crippen molar-refractivity contribution in [3.05, 3.63) is 87.5 Å². The molecule has 0 aliphatic heterocycles. The molecular formula is C18H12F2N2O3. The van der Waals surface area contributed by atoms with E-state index >= 15 is 0 Å². The van der Waals surface area contributed by atoms with Crippen LogP contribution in [-0.2, 0) is 0 Å². The zero-order valence-corrected chi connectivity index (χ0v) is 13.1. The fourth-order valence-corrected chi connectivity index (χ4v) is 2.55. The van der Waals surface area contributed by atoms with E-state index in [4.69, 9.17) is 0 Å². The summed E-state index contributed by atoms with van der Waals surface area (Å²) >= 11 is 0. The Morgan fingerprint density at radius 1 is 1.00 bits per heavy atom. The Bertz CT molecular complexity index is 1010. The Kier molecular flexibility index (Phi) is 4.14. The molecule has 5 nitrogen and oxygen atoms in total. The molecule has 0 radical (unpaired) electrons. The summed E-state index contributed by atoms with van der Waals surface area (Å²) < 4.78 is 27.2. The number of fused-ring (bicyclic) bond motifs is 1. The van der Waals surface area contributed by atoms with E-state index in [0.29, 0.717) is 15.5 Å². The summed E-state index contributed by atoms with van der Waals surface area (Å²) in [6, 6.07) is 8.88. The predicted molar refractivity (Wildman–Crippen MR) is 86.3 cm³/mol. The number of rotatable bonds is 3. The first-order chi connectivity index (χ1) is 11.9. The van der Waals surface area contributed by atoms with Gasteiger partial charge in [0.05, 0.1) is 0 Å². The van der Waals surface area contributed by atoms with Gasteiger partial charge in [-0.25, -0.2) is 8.78 Å². The second-order valence-electron chi connectivity index (χ2n) is 5.41. The smallest absolute Gasteiger partial charge is 0.333 e. The van der Waals surface area contributed by atoms with Crippen molar-refractivity contribution in [3.8, 4) is 0 Å².